The van der Waals surface area contributed by atoms with E-state index >= 15 is 0 Å². The minimum absolute atomic E-state index is 0.0399. The van der Waals surface area contributed by atoms with Gasteiger partial charge in [-0.15, -0.1) is 23.1 Å². The molecule has 0 spiro atoms. The first kappa shape index (κ1) is 20.4. The molecule has 1 amide bonds. The number of nitrogens with zero attached hydrogens (tertiary/aromatic N) is 1. The molecule has 1 aromatic heterocycles. The highest BCUT2D eigenvalue weighted by atomic mass is 32.2. The number of ether oxygens (including phenoxy) is 1. The Balaban J connectivity index is 1.25. The van der Waals surface area contributed by atoms with Crippen molar-refractivity contribution in [3.63, 3.8) is 0 Å². The van der Waals surface area contributed by atoms with Gasteiger partial charge >= 0.3 is 0 Å². The number of methoxy groups -OCH3 is 1. The molecule has 0 aliphatic rings. The number of rotatable bonds is 8. The number of thioether (sulfide) groups is 1. The summed E-state index contributed by atoms with van der Waals surface area (Å²) in [4.78, 5) is 18.1. The summed E-state index contributed by atoms with van der Waals surface area (Å²) in [7, 11) is 1.66. The normalized spacial score (nSPS) is 10.8. The lowest BCUT2D eigenvalue weighted by atomic mass is 10.2. The van der Waals surface area contributed by atoms with Crippen LogP contribution >= 0.6 is 23.1 Å². The van der Waals surface area contributed by atoms with E-state index in [1.165, 1.54) is 9.60 Å². The van der Waals surface area contributed by atoms with E-state index in [0.717, 1.165) is 39.7 Å². The van der Waals surface area contributed by atoms with Gasteiger partial charge in [-0.05, 0) is 72.8 Å². The SMILES string of the molecule is COc1ccc(SCCCC(=O)Nc2ccc(-c3nc4ccccc4s3)cc2)cc1. The molecule has 30 heavy (non-hydrogen) atoms. The van der Waals surface area contributed by atoms with Crippen LogP contribution in [0.3, 0.4) is 0 Å². The van der Waals surface area contributed by atoms with Gasteiger partial charge in [-0.25, -0.2) is 4.98 Å². The molecule has 3 aromatic carbocycles. The second-order valence-electron chi connectivity index (χ2n) is 6.74. The minimum atomic E-state index is 0.0399. The fraction of sp³-hybridized carbons (Fsp3) is 0.167. The van der Waals surface area contributed by atoms with E-state index in [1.807, 2.05) is 66.7 Å². The molecule has 152 valence electrons. The van der Waals surface area contributed by atoms with Crippen molar-refractivity contribution in [2.75, 3.05) is 18.2 Å². The molecule has 0 radical (unpaired) electrons. The topological polar surface area (TPSA) is 51.2 Å². The van der Waals surface area contributed by atoms with Crippen LogP contribution in [0.15, 0.2) is 77.7 Å². The van der Waals surface area contributed by atoms with Gasteiger partial charge in [0.1, 0.15) is 10.8 Å². The summed E-state index contributed by atoms with van der Waals surface area (Å²) >= 11 is 3.42. The number of thiazole rings is 1. The first-order valence-corrected chi connectivity index (χ1v) is 11.5. The Bertz CT molecular complexity index is 1090. The van der Waals surface area contributed by atoms with Crippen LogP contribution in [0.25, 0.3) is 20.8 Å². The molecule has 0 bridgehead atoms. The van der Waals surface area contributed by atoms with E-state index in [4.69, 9.17) is 4.74 Å². The Hall–Kier alpha value is -2.83. The summed E-state index contributed by atoms with van der Waals surface area (Å²) in [6.07, 6.45) is 1.33. The summed E-state index contributed by atoms with van der Waals surface area (Å²) < 4.78 is 6.34. The molecule has 0 fully saturated rings. The van der Waals surface area contributed by atoms with E-state index in [1.54, 1.807) is 30.2 Å². The number of hydrogen-bond donors (Lipinski definition) is 1. The number of hydrogen-bond acceptors (Lipinski definition) is 5. The number of anilines is 1. The predicted octanol–water partition coefficient (Wildman–Crippen LogP) is 6.48. The molecule has 1 N–H and O–H groups in total. The number of carbonyl (C=O) groups excluding carboxylic acids is 1. The second kappa shape index (κ2) is 9.78. The van der Waals surface area contributed by atoms with Crippen LogP contribution in [0.4, 0.5) is 5.69 Å². The van der Waals surface area contributed by atoms with Crippen LogP contribution in [0.5, 0.6) is 5.75 Å². The molecule has 4 nitrogen and oxygen atoms in total. The van der Waals surface area contributed by atoms with Crippen LogP contribution < -0.4 is 10.1 Å². The third-order valence-electron chi connectivity index (χ3n) is 4.59. The molecular formula is C24H22N2O2S2. The lowest BCUT2D eigenvalue weighted by Crippen LogP contribution is -2.11. The molecule has 0 aliphatic carbocycles. The third kappa shape index (κ3) is 5.20. The Morgan fingerprint density at radius 1 is 1.03 bits per heavy atom. The minimum Gasteiger partial charge on any atom is -0.497 e. The zero-order valence-electron chi connectivity index (χ0n) is 16.6. The second-order valence-corrected chi connectivity index (χ2v) is 8.94. The highest BCUT2D eigenvalue weighted by molar-refractivity contribution is 7.99. The fourth-order valence-electron chi connectivity index (χ4n) is 3.01. The van der Waals surface area contributed by atoms with Gasteiger partial charge < -0.3 is 10.1 Å². The summed E-state index contributed by atoms with van der Waals surface area (Å²) in [6, 6.07) is 24.0. The van der Waals surface area contributed by atoms with Gasteiger partial charge in [0, 0.05) is 22.6 Å². The van der Waals surface area contributed by atoms with Crippen LogP contribution in [-0.4, -0.2) is 23.8 Å². The number of amides is 1. The van der Waals surface area contributed by atoms with Crippen molar-refractivity contribution < 1.29 is 9.53 Å². The summed E-state index contributed by atoms with van der Waals surface area (Å²) in [5, 5.41) is 3.97. The van der Waals surface area contributed by atoms with Gasteiger partial charge in [0.05, 0.1) is 17.3 Å². The van der Waals surface area contributed by atoms with E-state index < -0.39 is 0 Å². The van der Waals surface area contributed by atoms with Gasteiger partial charge in [0.2, 0.25) is 5.91 Å². The summed E-state index contributed by atoms with van der Waals surface area (Å²) in [5.41, 5.74) is 2.89. The monoisotopic (exact) mass is 434 g/mol. The maximum absolute atomic E-state index is 12.2. The molecule has 6 heteroatoms. The standard InChI is InChI=1S/C24H22N2O2S2/c1-28-19-12-14-20(15-13-19)29-16-4-7-23(27)25-18-10-8-17(9-11-18)24-26-21-5-2-3-6-22(21)30-24/h2-3,5-6,8-15H,4,7,16H2,1H3,(H,25,27). The van der Waals surface area contributed by atoms with Crippen molar-refractivity contribution >= 4 is 44.9 Å². The van der Waals surface area contributed by atoms with Crippen molar-refractivity contribution in [2.45, 2.75) is 17.7 Å². The zero-order valence-corrected chi connectivity index (χ0v) is 18.3. The van der Waals surface area contributed by atoms with E-state index in [0.29, 0.717) is 6.42 Å². The van der Waals surface area contributed by atoms with Crippen LogP contribution in [-0.2, 0) is 4.79 Å². The van der Waals surface area contributed by atoms with Crippen LogP contribution in [0.1, 0.15) is 12.8 Å². The average molecular weight is 435 g/mol. The molecule has 0 atom stereocenters. The highest BCUT2D eigenvalue weighted by Crippen LogP contribution is 2.30. The van der Waals surface area contributed by atoms with Crippen LogP contribution in [0.2, 0.25) is 0 Å². The lowest BCUT2D eigenvalue weighted by molar-refractivity contribution is -0.116. The fourth-order valence-corrected chi connectivity index (χ4v) is 4.83. The lowest BCUT2D eigenvalue weighted by Gasteiger charge is -2.06. The first-order chi connectivity index (χ1) is 14.7. The molecule has 0 saturated carbocycles. The van der Waals surface area contributed by atoms with E-state index in [9.17, 15) is 4.79 Å². The largest absolute Gasteiger partial charge is 0.497 e. The van der Waals surface area contributed by atoms with Gasteiger partial charge in [0.15, 0.2) is 0 Å². The van der Waals surface area contributed by atoms with Crippen LogP contribution in [0, 0.1) is 0 Å². The Labute approximate surface area is 184 Å². The number of aromatic nitrogens is 1. The molecule has 4 aromatic rings. The number of nitrogens with one attached hydrogen (secondary N) is 1. The van der Waals surface area contributed by atoms with Gasteiger partial charge in [0.25, 0.3) is 0 Å². The summed E-state index contributed by atoms with van der Waals surface area (Å²) in [5.74, 6) is 1.79. The molecular weight excluding hydrogens is 412 g/mol. The maximum atomic E-state index is 12.2. The highest BCUT2D eigenvalue weighted by Gasteiger charge is 2.07. The first-order valence-electron chi connectivity index (χ1n) is 9.74. The van der Waals surface area contributed by atoms with E-state index in [-0.39, 0.29) is 5.91 Å². The quantitative estimate of drug-likeness (QED) is 0.255. The average Bonchev–Trinajstić information content (AvgIpc) is 3.22. The summed E-state index contributed by atoms with van der Waals surface area (Å²) in [6.45, 7) is 0. The van der Waals surface area contributed by atoms with Gasteiger partial charge in [-0.2, -0.15) is 0 Å². The Kier molecular flexibility index (Phi) is 6.67. The molecule has 0 saturated heterocycles. The smallest absolute Gasteiger partial charge is 0.224 e. The maximum Gasteiger partial charge on any atom is 0.224 e. The van der Waals surface area contributed by atoms with Crippen molar-refractivity contribution in [1.82, 2.24) is 4.98 Å². The van der Waals surface area contributed by atoms with Gasteiger partial charge in [-0.3, -0.25) is 4.79 Å². The Morgan fingerprint density at radius 2 is 1.80 bits per heavy atom. The van der Waals surface area contributed by atoms with Crippen molar-refractivity contribution in [3.8, 4) is 16.3 Å². The van der Waals surface area contributed by atoms with E-state index in [2.05, 4.69) is 16.4 Å². The molecule has 1 heterocycles. The van der Waals surface area contributed by atoms with Crippen molar-refractivity contribution in [2.24, 2.45) is 0 Å². The third-order valence-corrected chi connectivity index (χ3v) is 6.77. The van der Waals surface area contributed by atoms with Crippen molar-refractivity contribution in [3.05, 3.63) is 72.8 Å². The number of benzene rings is 3. The number of carbonyl (C=O) groups is 1. The molecule has 4 rings (SSSR count). The molecule has 0 aliphatic heterocycles. The number of fused-ring (bicyclic) bond motifs is 1. The number of para-hydroxylation sites is 1. The Morgan fingerprint density at radius 3 is 2.53 bits per heavy atom. The predicted molar refractivity (Wildman–Crippen MR) is 127 cm³/mol. The van der Waals surface area contributed by atoms with Crippen molar-refractivity contribution in [1.29, 1.82) is 0 Å². The zero-order chi connectivity index (χ0) is 20.8. The molecule has 0 unspecified atom stereocenters. The van der Waals surface area contributed by atoms with Gasteiger partial charge in [-0.1, -0.05) is 12.1 Å².